The van der Waals surface area contributed by atoms with E-state index < -0.39 is 29.2 Å². The molecule has 0 saturated carbocycles. The predicted molar refractivity (Wildman–Crippen MR) is 114 cm³/mol. The normalized spacial score (nSPS) is 17.9. The number of nitrogens with one attached hydrogen (secondary N) is 1. The molecule has 0 aliphatic carbocycles. The molecular formula is C17H23N4NaO10S2. The number of nitrogens with zero attached hydrogens (tertiary/aromatic N) is 3. The molecule has 1 aromatic heterocycles. The average Bonchev–Trinajstić information content (AvgIpc) is 2.69. The summed E-state index contributed by atoms with van der Waals surface area (Å²) in [7, 11) is 1.38. The Kier molecular flexibility index (Phi) is 14.6. The van der Waals surface area contributed by atoms with E-state index in [9.17, 15) is 29.5 Å². The van der Waals surface area contributed by atoms with Crippen LogP contribution in [0.4, 0.5) is 0 Å². The number of carbonyl (C=O) groups excluding carboxylic acids is 4. The molecule has 2 amide bonds. The summed E-state index contributed by atoms with van der Waals surface area (Å²) in [4.78, 5) is 48.5. The van der Waals surface area contributed by atoms with Gasteiger partial charge in [0, 0.05) is 23.6 Å². The monoisotopic (exact) mass is 530 g/mol. The van der Waals surface area contributed by atoms with E-state index in [1.165, 1.54) is 37.9 Å². The molecule has 0 bridgehead atoms. The van der Waals surface area contributed by atoms with Gasteiger partial charge in [0.25, 0.3) is 16.8 Å². The topological polar surface area (TPSA) is 250 Å². The number of aromatic nitrogens is 2. The van der Waals surface area contributed by atoms with Crippen molar-refractivity contribution in [3.8, 4) is 5.88 Å². The summed E-state index contributed by atoms with van der Waals surface area (Å²) in [5.41, 5.74) is 0.158. The Morgan fingerprint density at radius 1 is 1.32 bits per heavy atom. The molecule has 7 N–H and O–H groups in total. The number of amides is 2. The molecule has 17 heteroatoms. The Morgan fingerprint density at radius 3 is 2.50 bits per heavy atom. The van der Waals surface area contributed by atoms with Gasteiger partial charge >= 0.3 is 29.6 Å². The second-order valence-corrected chi connectivity index (χ2v) is 8.55. The molecule has 2 aliphatic rings. The van der Waals surface area contributed by atoms with Crippen LogP contribution in [0, 0.1) is 5.21 Å². The van der Waals surface area contributed by atoms with Gasteiger partial charge in [0.2, 0.25) is 5.91 Å². The molecule has 3 rings (SSSR count). The first kappa shape index (κ1) is 34.2. The smallest absolute Gasteiger partial charge is 0.593 e. The molecule has 0 spiro atoms. The van der Waals surface area contributed by atoms with Gasteiger partial charge in [0.15, 0.2) is 0 Å². The summed E-state index contributed by atoms with van der Waals surface area (Å²) >= 11 is 2.35. The van der Waals surface area contributed by atoms with Crippen molar-refractivity contribution in [2.75, 3.05) is 18.6 Å². The Balaban J connectivity index is 0. The summed E-state index contributed by atoms with van der Waals surface area (Å²) < 4.78 is 4.86. The number of carbonyl (C=O) groups is 4. The largest absolute Gasteiger partial charge is 1.00 e. The number of carboxylic acids is 1. The van der Waals surface area contributed by atoms with Crippen LogP contribution >= 0.6 is 23.5 Å². The minimum atomic E-state index is -1.51. The van der Waals surface area contributed by atoms with Gasteiger partial charge in [-0.25, -0.2) is 0 Å². The number of ketones is 1. The third-order valence-corrected chi connectivity index (χ3v) is 6.74. The number of hydrogen-bond acceptors (Lipinski definition) is 10. The summed E-state index contributed by atoms with van der Waals surface area (Å²) in [5.74, 6) is -2.49. The van der Waals surface area contributed by atoms with E-state index in [0.717, 1.165) is 16.7 Å². The van der Waals surface area contributed by atoms with Crippen molar-refractivity contribution in [3.05, 3.63) is 28.6 Å². The first-order valence-electron chi connectivity index (χ1n) is 8.67. The number of rotatable bonds is 8. The van der Waals surface area contributed by atoms with Gasteiger partial charge in [-0.1, -0.05) is 0 Å². The Morgan fingerprint density at radius 2 is 1.97 bits per heavy atom. The molecule has 2 aliphatic heterocycles. The van der Waals surface area contributed by atoms with Gasteiger partial charge in [-0.15, -0.1) is 11.8 Å². The van der Waals surface area contributed by atoms with Crippen molar-refractivity contribution < 1.29 is 79.9 Å². The molecule has 0 aromatic carbocycles. The van der Waals surface area contributed by atoms with Crippen molar-refractivity contribution in [1.82, 2.24) is 15.3 Å². The van der Waals surface area contributed by atoms with Crippen LogP contribution in [0.15, 0.2) is 28.4 Å². The molecule has 3 heterocycles. The Bertz CT molecular complexity index is 964. The number of aliphatic carboxylic acids is 1. The van der Waals surface area contributed by atoms with Gasteiger partial charge in [0.05, 0.1) is 30.3 Å². The number of ether oxygens (including phenoxy) is 1. The maximum Gasteiger partial charge on any atom is 1.00 e. The Hall–Kier alpha value is -1.92. The minimum Gasteiger partial charge on any atom is -0.593 e. The standard InChI is InChI=1S/C17H18N4O7S2.Na.3H2O/c1-8(22)5-10(23)18-13-15(24)20-14(17(25)26)9(7-30-16(13)20)6-29-12-4-3-11(28-2)19-21(12)27;;;;/h3-4,13,16H,5-7H2,1-2H3,(H,18,23)(H,25,26);;3*1H2/q;+1;;;/p-1/t13?,16-;;;;/m1..../s1. The van der Waals surface area contributed by atoms with E-state index in [0.29, 0.717) is 10.4 Å². The van der Waals surface area contributed by atoms with Crippen molar-refractivity contribution in [2.24, 2.45) is 0 Å². The average molecular weight is 531 g/mol. The minimum absolute atomic E-state index is 0. The van der Waals surface area contributed by atoms with Crippen molar-refractivity contribution >= 4 is 47.1 Å². The first-order chi connectivity index (χ1) is 14.2. The number of methoxy groups -OCH3 is 1. The number of carboxylic acid groups (broad SMARTS) is 1. The molecule has 1 unspecified atom stereocenters. The van der Waals surface area contributed by atoms with Gasteiger partial charge in [-0.3, -0.25) is 19.3 Å². The summed E-state index contributed by atoms with van der Waals surface area (Å²) in [6, 6.07) is 2.10. The Labute approximate surface area is 224 Å². The van der Waals surface area contributed by atoms with Gasteiger partial charge in [-0.05, 0) is 29.1 Å². The first-order valence-corrected chi connectivity index (χ1v) is 10.7. The third kappa shape index (κ3) is 7.29. The molecule has 14 nitrogen and oxygen atoms in total. The molecule has 0 radical (unpaired) electrons. The summed E-state index contributed by atoms with van der Waals surface area (Å²) in [5, 5.41) is 29.4. The van der Waals surface area contributed by atoms with Crippen LogP contribution in [0.2, 0.25) is 0 Å². The van der Waals surface area contributed by atoms with Crippen LogP contribution in [0.5, 0.6) is 5.88 Å². The molecule has 1 fully saturated rings. The van der Waals surface area contributed by atoms with E-state index in [1.807, 2.05) is 0 Å². The fourth-order valence-corrected chi connectivity index (χ4v) is 5.34. The molecule has 34 heavy (non-hydrogen) atoms. The molecule has 184 valence electrons. The number of hydrogen-bond donors (Lipinski definition) is 1. The van der Waals surface area contributed by atoms with E-state index in [2.05, 4.69) is 10.4 Å². The molecular weight excluding hydrogens is 507 g/mol. The number of fused-ring (bicyclic) bond motifs is 1. The fourth-order valence-electron chi connectivity index (χ4n) is 2.99. The number of β-lactam (4-membered cyclic amide) rings is 1. The number of Topliss-reactive ketones (excluding diaryl/α,β-unsaturated/α-hetero) is 1. The summed E-state index contributed by atoms with van der Waals surface area (Å²) in [6.45, 7) is 1.26. The van der Waals surface area contributed by atoms with Gasteiger partial charge in [0.1, 0.15) is 17.2 Å². The summed E-state index contributed by atoms with van der Waals surface area (Å²) in [6.07, 6.45) is -0.350. The molecule has 1 aromatic rings. The van der Waals surface area contributed by atoms with Crippen LogP contribution < -0.4 is 49.6 Å². The van der Waals surface area contributed by atoms with Gasteiger partial charge < -0.3 is 41.6 Å². The van der Waals surface area contributed by atoms with Crippen molar-refractivity contribution in [1.29, 1.82) is 0 Å². The zero-order valence-corrected chi connectivity index (χ0v) is 22.1. The second kappa shape index (κ2) is 14.5. The zero-order chi connectivity index (χ0) is 22.0. The zero-order valence-electron chi connectivity index (χ0n) is 18.4. The predicted octanol–water partition coefficient (Wildman–Crippen LogP) is -7.27. The van der Waals surface area contributed by atoms with Crippen LogP contribution in [-0.2, 0) is 19.2 Å². The SMILES string of the molecule is COc1ccc(SCC2=C(C(=O)[O-])N3C(=O)C(NC(=O)CC(C)=O)[C@H]3SC2)[n+]([O-])n1.O.O.O.[Na+]. The van der Waals surface area contributed by atoms with Crippen molar-refractivity contribution in [2.45, 2.75) is 29.8 Å². The quantitative estimate of drug-likeness (QED) is 0.0829. The van der Waals surface area contributed by atoms with Crippen LogP contribution in [0.1, 0.15) is 13.3 Å². The van der Waals surface area contributed by atoms with Gasteiger partial charge in [-0.2, -0.15) is 0 Å². The molecule has 2 atom stereocenters. The van der Waals surface area contributed by atoms with Crippen LogP contribution in [0.3, 0.4) is 0 Å². The second-order valence-electron chi connectivity index (χ2n) is 6.45. The fraction of sp³-hybridized carbons (Fsp3) is 0.412. The van der Waals surface area contributed by atoms with Crippen LogP contribution in [0.25, 0.3) is 0 Å². The maximum atomic E-state index is 12.5. The van der Waals surface area contributed by atoms with E-state index in [1.54, 1.807) is 0 Å². The maximum absolute atomic E-state index is 12.5. The van der Waals surface area contributed by atoms with E-state index >= 15 is 0 Å². The van der Waals surface area contributed by atoms with Crippen molar-refractivity contribution in [3.63, 3.8) is 0 Å². The molecule has 1 saturated heterocycles. The van der Waals surface area contributed by atoms with E-state index in [-0.39, 0.29) is 86.3 Å². The van der Waals surface area contributed by atoms with E-state index in [4.69, 9.17) is 4.74 Å². The third-order valence-electron chi connectivity index (χ3n) is 4.32. The van der Waals surface area contributed by atoms with Crippen LogP contribution in [-0.4, -0.2) is 80.0 Å². The number of thioether (sulfide) groups is 2.